The van der Waals surface area contributed by atoms with Crippen molar-refractivity contribution in [3.8, 4) is 0 Å². The molecule has 2 rings (SSSR count). The Bertz CT molecular complexity index is 534. The van der Waals surface area contributed by atoms with Crippen LogP contribution in [-0.2, 0) is 0 Å². The second-order valence-electron chi connectivity index (χ2n) is 3.30. The van der Waals surface area contributed by atoms with E-state index in [1.807, 2.05) is 24.3 Å². The van der Waals surface area contributed by atoms with Gasteiger partial charge in [0.2, 0.25) is 0 Å². The van der Waals surface area contributed by atoms with Crippen LogP contribution < -0.4 is 0 Å². The Morgan fingerprint density at radius 3 is 2.35 bits per heavy atom. The first kappa shape index (κ1) is 14.2. The van der Waals surface area contributed by atoms with Crippen molar-refractivity contribution in [3.05, 3.63) is 53.0 Å². The van der Waals surface area contributed by atoms with Crippen LogP contribution in [0.1, 0.15) is 15.8 Å². The largest absolute Gasteiger partial charge is 0.130 e. The molecule has 0 fully saturated rings. The molecule has 0 N–H and O–H groups in total. The zero-order chi connectivity index (χ0) is 12.6. The number of hydrogen-bond donors (Lipinski definition) is 0. The van der Waals surface area contributed by atoms with E-state index in [0.717, 1.165) is 18.7 Å². The van der Waals surface area contributed by atoms with Crippen molar-refractivity contribution in [2.24, 2.45) is 0 Å². The van der Waals surface area contributed by atoms with Crippen molar-refractivity contribution >= 4 is 78.0 Å². The number of rotatable bonds is 2. The normalized spacial score (nSPS) is 12.8. The molecule has 0 saturated heterocycles. The third-order valence-corrected chi connectivity index (χ3v) is 6.12. The number of benzene rings is 1. The molecule has 6 heteroatoms. The SMILES string of the molecule is Clc1ccc(Br)cc1C(Cl)c1cc(Cl)c(Br)s1. The van der Waals surface area contributed by atoms with Crippen molar-refractivity contribution in [3.63, 3.8) is 0 Å². The zero-order valence-corrected chi connectivity index (χ0v) is 14.4. The van der Waals surface area contributed by atoms with E-state index in [0.29, 0.717) is 10.0 Å². The summed E-state index contributed by atoms with van der Waals surface area (Å²) in [7, 11) is 0. The van der Waals surface area contributed by atoms with Gasteiger partial charge in [-0.15, -0.1) is 22.9 Å². The quantitative estimate of drug-likeness (QED) is 0.450. The maximum Gasteiger partial charge on any atom is 0.0943 e. The van der Waals surface area contributed by atoms with Crippen LogP contribution in [0, 0.1) is 0 Å². The molecule has 0 bridgehead atoms. The van der Waals surface area contributed by atoms with Crippen LogP contribution in [0.3, 0.4) is 0 Å². The monoisotopic (exact) mass is 432 g/mol. The van der Waals surface area contributed by atoms with Gasteiger partial charge in [0, 0.05) is 14.4 Å². The predicted octanol–water partition coefficient (Wildman–Crippen LogP) is 6.91. The van der Waals surface area contributed by atoms with Crippen LogP contribution >= 0.6 is 78.0 Å². The highest BCUT2D eigenvalue weighted by Crippen LogP contribution is 2.42. The molecule has 0 radical (unpaired) electrons. The summed E-state index contributed by atoms with van der Waals surface area (Å²) < 4.78 is 1.83. The van der Waals surface area contributed by atoms with Crippen LogP contribution in [-0.4, -0.2) is 0 Å². The van der Waals surface area contributed by atoms with Gasteiger partial charge in [-0.3, -0.25) is 0 Å². The Balaban J connectivity index is 2.42. The summed E-state index contributed by atoms with van der Waals surface area (Å²) in [6, 6.07) is 7.47. The van der Waals surface area contributed by atoms with Gasteiger partial charge in [0.25, 0.3) is 0 Å². The predicted molar refractivity (Wildman–Crippen MR) is 83.9 cm³/mol. The number of thiophene rings is 1. The lowest BCUT2D eigenvalue weighted by atomic mass is 10.1. The lowest BCUT2D eigenvalue weighted by Gasteiger charge is -2.10. The molecule has 0 saturated carbocycles. The Hall–Kier alpha value is 0.750. The van der Waals surface area contributed by atoms with E-state index in [-0.39, 0.29) is 5.38 Å². The second kappa shape index (κ2) is 5.81. The Kier molecular flexibility index (Phi) is 4.84. The summed E-state index contributed by atoms with van der Waals surface area (Å²) in [5.41, 5.74) is 0.869. The molecule has 1 unspecified atom stereocenters. The number of alkyl halides is 1. The van der Waals surface area contributed by atoms with E-state index in [4.69, 9.17) is 34.8 Å². The first-order valence-electron chi connectivity index (χ1n) is 4.53. The first-order chi connectivity index (χ1) is 7.99. The Morgan fingerprint density at radius 2 is 1.76 bits per heavy atom. The summed E-state index contributed by atoms with van der Waals surface area (Å²) in [5.74, 6) is 0. The summed E-state index contributed by atoms with van der Waals surface area (Å²) in [4.78, 5) is 0.962. The molecule has 1 aromatic heterocycles. The van der Waals surface area contributed by atoms with Gasteiger partial charge in [0.15, 0.2) is 0 Å². The Morgan fingerprint density at radius 1 is 1.06 bits per heavy atom. The summed E-state index contributed by atoms with van der Waals surface area (Å²) in [6.07, 6.45) is 0. The van der Waals surface area contributed by atoms with Gasteiger partial charge in [-0.05, 0) is 45.8 Å². The van der Waals surface area contributed by atoms with Gasteiger partial charge in [-0.25, -0.2) is 0 Å². The van der Waals surface area contributed by atoms with Crippen molar-refractivity contribution in [1.82, 2.24) is 0 Å². The minimum atomic E-state index is -0.297. The highest BCUT2D eigenvalue weighted by Gasteiger charge is 2.18. The van der Waals surface area contributed by atoms with Gasteiger partial charge in [0.05, 0.1) is 14.2 Å². The molecule has 2 aromatic rings. The molecule has 0 aliphatic carbocycles. The molecule has 0 spiro atoms. The van der Waals surface area contributed by atoms with Crippen molar-refractivity contribution in [2.45, 2.75) is 5.38 Å². The third kappa shape index (κ3) is 3.20. The minimum Gasteiger partial charge on any atom is -0.130 e. The van der Waals surface area contributed by atoms with Gasteiger partial charge in [-0.2, -0.15) is 0 Å². The van der Waals surface area contributed by atoms with E-state index in [1.165, 1.54) is 11.3 Å². The molecule has 1 heterocycles. The van der Waals surface area contributed by atoms with Gasteiger partial charge < -0.3 is 0 Å². The summed E-state index contributed by atoms with van der Waals surface area (Å²) >= 11 is 26.9. The van der Waals surface area contributed by atoms with Gasteiger partial charge in [-0.1, -0.05) is 39.1 Å². The minimum absolute atomic E-state index is 0.297. The highest BCUT2D eigenvalue weighted by molar-refractivity contribution is 9.11. The van der Waals surface area contributed by atoms with E-state index in [1.54, 1.807) is 0 Å². The van der Waals surface area contributed by atoms with Crippen LogP contribution in [0.4, 0.5) is 0 Å². The van der Waals surface area contributed by atoms with Crippen LogP contribution in [0.5, 0.6) is 0 Å². The molecule has 1 atom stereocenters. The highest BCUT2D eigenvalue weighted by atomic mass is 79.9. The lowest BCUT2D eigenvalue weighted by molar-refractivity contribution is 1.18. The standard InChI is InChI=1S/C11H5Br2Cl3S/c12-5-1-2-7(14)6(3-5)10(16)9-4-8(15)11(13)17-9/h1-4,10H. The molecular weight excluding hydrogens is 430 g/mol. The third-order valence-electron chi connectivity index (χ3n) is 2.15. The molecule has 0 aliphatic heterocycles. The molecule has 0 amide bonds. The van der Waals surface area contributed by atoms with E-state index in [2.05, 4.69) is 31.9 Å². The second-order valence-corrected chi connectivity index (χ2v) is 7.87. The first-order valence-corrected chi connectivity index (χ1v) is 8.12. The van der Waals surface area contributed by atoms with E-state index < -0.39 is 0 Å². The van der Waals surface area contributed by atoms with Crippen molar-refractivity contribution in [2.75, 3.05) is 0 Å². The van der Waals surface area contributed by atoms with Crippen LogP contribution in [0.15, 0.2) is 32.5 Å². The van der Waals surface area contributed by atoms with Crippen LogP contribution in [0.2, 0.25) is 10.0 Å². The van der Waals surface area contributed by atoms with Crippen LogP contribution in [0.25, 0.3) is 0 Å². The fourth-order valence-electron chi connectivity index (χ4n) is 1.35. The van der Waals surface area contributed by atoms with Gasteiger partial charge in [0.1, 0.15) is 0 Å². The van der Waals surface area contributed by atoms with E-state index in [9.17, 15) is 0 Å². The average molecular weight is 435 g/mol. The van der Waals surface area contributed by atoms with E-state index >= 15 is 0 Å². The average Bonchev–Trinajstić information content (AvgIpc) is 2.62. The van der Waals surface area contributed by atoms with Crippen molar-refractivity contribution < 1.29 is 0 Å². The molecule has 0 nitrogen and oxygen atoms in total. The lowest BCUT2D eigenvalue weighted by Crippen LogP contribution is -1.91. The maximum atomic E-state index is 6.42. The fraction of sp³-hybridized carbons (Fsp3) is 0.0909. The maximum absolute atomic E-state index is 6.42. The summed E-state index contributed by atoms with van der Waals surface area (Å²) in [5, 5.41) is 1.02. The molecular formula is C11H5Br2Cl3S. The molecule has 17 heavy (non-hydrogen) atoms. The van der Waals surface area contributed by atoms with Crippen molar-refractivity contribution in [1.29, 1.82) is 0 Å². The smallest absolute Gasteiger partial charge is 0.0943 e. The fourth-order valence-corrected chi connectivity index (χ4v) is 4.13. The van der Waals surface area contributed by atoms with Gasteiger partial charge >= 0.3 is 0 Å². The summed E-state index contributed by atoms with van der Waals surface area (Å²) in [6.45, 7) is 0. The topological polar surface area (TPSA) is 0 Å². The number of halogens is 5. The molecule has 90 valence electrons. The molecule has 1 aromatic carbocycles. The molecule has 0 aliphatic rings. The number of hydrogen-bond acceptors (Lipinski definition) is 1. The Labute approximate surface area is 135 Å². The zero-order valence-electron chi connectivity index (χ0n) is 8.18.